The monoisotopic (exact) mass is 219 g/mol. The van der Waals surface area contributed by atoms with Crippen molar-refractivity contribution in [1.29, 1.82) is 0 Å². The molecular weight excluding hydrogens is 202 g/mol. The average molecular weight is 219 g/mol. The molecule has 1 fully saturated rings. The molecule has 0 spiro atoms. The van der Waals surface area contributed by atoms with E-state index in [2.05, 4.69) is 4.90 Å². The normalized spacial score (nSPS) is 16.2. The number of anilines is 1. The molecule has 0 aromatic carbocycles. The zero-order chi connectivity index (χ0) is 11.5. The highest BCUT2D eigenvalue weighted by molar-refractivity contribution is 5.55. The van der Waals surface area contributed by atoms with Gasteiger partial charge < -0.3 is 15.2 Å². The molecule has 86 valence electrons. The molecule has 1 aromatic heterocycles. The van der Waals surface area contributed by atoms with Crippen LogP contribution in [0.3, 0.4) is 0 Å². The molecule has 0 amide bonds. The summed E-state index contributed by atoms with van der Waals surface area (Å²) >= 11 is 0. The summed E-state index contributed by atoms with van der Waals surface area (Å²) in [6.07, 6.45) is 5.62. The van der Waals surface area contributed by atoms with Crippen molar-refractivity contribution < 1.29 is 0 Å². The smallest absolute Gasteiger partial charge is 0.252 e. The van der Waals surface area contributed by atoms with Gasteiger partial charge in [-0.25, -0.2) is 0 Å². The Morgan fingerprint density at radius 1 is 1.31 bits per heavy atom. The SMILES string of the molecule is Cn1c(/C=C\N)cc(N2CCCC2)cc1=O. The summed E-state index contributed by atoms with van der Waals surface area (Å²) < 4.78 is 1.60. The Labute approximate surface area is 95.0 Å². The Hall–Kier alpha value is -1.71. The standard InChI is InChI=1S/C12H17N3O/c1-14-10(4-5-13)8-11(9-12(14)16)15-6-2-3-7-15/h4-5,8-9H,2-3,6-7,13H2,1H3/b5-4-. The Balaban J connectivity index is 2.43. The van der Waals surface area contributed by atoms with Crippen LogP contribution < -0.4 is 16.2 Å². The second kappa shape index (κ2) is 4.43. The van der Waals surface area contributed by atoms with E-state index in [-0.39, 0.29) is 5.56 Å². The number of rotatable bonds is 2. The van der Waals surface area contributed by atoms with Crippen LogP contribution in [0.15, 0.2) is 23.1 Å². The molecule has 0 atom stereocenters. The lowest BCUT2D eigenvalue weighted by Gasteiger charge is -2.18. The second-order valence-corrected chi connectivity index (χ2v) is 4.09. The van der Waals surface area contributed by atoms with Gasteiger partial charge in [0.05, 0.1) is 0 Å². The molecule has 1 aromatic rings. The first-order valence-corrected chi connectivity index (χ1v) is 5.56. The number of hydrogen-bond donors (Lipinski definition) is 1. The topological polar surface area (TPSA) is 51.3 Å². The second-order valence-electron chi connectivity index (χ2n) is 4.09. The molecule has 4 heteroatoms. The van der Waals surface area contributed by atoms with Gasteiger partial charge in [0.15, 0.2) is 0 Å². The van der Waals surface area contributed by atoms with E-state index in [1.165, 1.54) is 19.0 Å². The van der Waals surface area contributed by atoms with Gasteiger partial charge in [0, 0.05) is 37.6 Å². The first kappa shape index (κ1) is 10.8. The van der Waals surface area contributed by atoms with E-state index in [1.807, 2.05) is 6.07 Å². The lowest BCUT2D eigenvalue weighted by atomic mass is 10.2. The third-order valence-electron chi connectivity index (χ3n) is 3.02. The summed E-state index contributed by atoms with van der Waals surface area (Å²) in [6.45, 7) is 2.08. The zero-order valence-electron chi connectivity index (χ0n) is 9.52. The molecule has 2 rings (SSSR count). The summed E-state index contributed by atoms with van der Waals surface area (Å²) in [5, 5.41) is 0. The number of nitrogens with two attached hydrogens (primary N) is 1. The van der Waals surface area contributed by atoms with E-state index in [4.69, 9.17) is 5.73 Å². The van der Waals surface area contributed by atoms with Crippen LogP contribution in [0.4, 0.5) is 5.69 Å². The third-order valence-corrected chi connectivity index (χ3v) is 3.02. The number of aromatic nitrogens is 1. The van der Waals surface area contributed by atoms with E-state index >= 15 is 0 Å². The van der Waals surface area contributed by atoms with Gasteiger partial charge in [0.25, 0.3) is 5.56 Å². The van der Waals surface area contributed by atoms with Crippen LogP contribution in [0.1, 0.15) is 18.5 Å². The van der Waals surface area contributed by atoms with E-state index in [0.29, 0.717) is 0 Å². The highest BCUT2D eigenvalue weighted by atomic mass is 16.1. The highest BCUT2D eigenvalue weighted by Gasteiger charge is 2.13. The summed E-state index contributed by atoms with van der Waals surface area (Å²) in [4.78, 5) is 14.0. The molecule has 0 aliphatic carbocycles. The van der Waals surface area contributed by atoms with Crippen molar-refractivity contribution in [3.63, 3.8) is 0 Å². The molecular formula is C12H17N3O. The molecule has 0 bridgehead atoms. The largest absolute Gasteiger partial charge is 0.405 e. The fourth-order valence-corrected chi connectivity index (χ4v) is 2.06. The van der Waals surface area contributed by atoms with Crippen LogP contribution in [-0.2, 0) is 7.05 Å². The predicted octanol–water partition coefficient (Wildman–Crippen LogP) is 0.915. The van der Waals surface area contributed by atoms with Gasteiger partial charge in [-0.3, -0.25) is 4.79 Å². The van der Waals surface area contributed by atoms with Gasteiger partial charge >= 0.3 is 0 Å². The summed E-state index contributed by atoms with van der Waals surface area (Å²) in [6, 6.07) is 3.70. The summed E-state index contributed by atoms with van der Waals surface area (Å²) in [5.41, 5.74) is 7.24. The maximum absolute atomic E-state index is 11.8. The van der Waals surface area contributed by atoms with Gasteiger partial charge in [-0.2, -0.15) is 0 Å². The number of nitrogens with zero attached hydrogens (tertiary/aromatic N) is 2. The van der Waals surface area contributed by atoms with E-state index in [9.17, 15) is 4.79 Å². The van der Waals surface area contributed by atoms with Crippen molar-refractivity contribution >= 4 is 11.8 Å². The molecule has 1 aliphatic heterocycles. The molecule has 2 N–H and O–H groups in total. The van der Waals surface area contributed by atoms with Crippen molar-refractivity contribution in [1.82, 2.24) is 4.57 Å². The van der Waals surface area contributed by atoms with E-state index in [0.717, 1.165) is 24.5 Å². The van der Waals surface area contributed by atoms with Crippen molar-refractivity contribution in [3.05, 3.63) is 34.4 Å². The summed E-state index contributed by atoms with van der Waals surface area (Å²) in [7, 11) is 1.76. The fourth-order valence-electron chi connectivity index (χ4n) is 2.06. The minimum atomic E-state index is 0.0116. The number of pyridine rings is 1. The molecule has 16 heavy (non-hydrogen) atoms. The zero-order valence-corrected chi connectivity index (χ0v) is 9.52. The Bertz CT molecular complexity index is 456. The van der Waals surface area contributed by atoms with Crippen molar-refractivity contribution in [3.8, 4) is 0 Å². The third kappa shape index (κ3) is 1.96. The Morgan fingerprint density at radius 3 is 2.62 bits per heavy atom. The van der Waals surface area contributed by atoms with Gasteiger partial charge in [-0.1, -0.05) is 0 Å². The van der Waals surface area contributed by atoms with Crippen molar-refractivity contribution in [2.75, 3.05) is 18.0 Å². The van der Waals surface area contributed by atoms with Crippen LogP contribution in [-0.4, -0.2) is 17.7 Å². The van der Waals surface area contributed by atoms with E-state index in [1.54, 1.807) is 23.8 Å². The molecule has 0 radical (unpaired) electrons. The fraction of sp³-hybridized carbons (Fsp3) is 0.417. The van der Waals surface area contributed by atoms with Gasteiger partial charge in [0.1, 0.15) is 0 Å². The van der Waals surface area contributed by atoms with Crippen LogP contribution >= 0.6 is 0 Å². The first-order chi connectivity index (χ1) is 7.72. The van der Waals surface area contributed by atoms with Crippen molar-refractivity contribution in [2.45, 2.75) is 12.8 Å². The van der Waals surface area contributed by atoms with Crippen LogP contribution in [0.5, 0.6) is 0 Å². The maximum Gasteiger partial charge on any atom is 0.252 e. The minimum Gasteiger partial charge on any atom is -0.405 e. The van der Waals surface area contributed by atoms with Gasteiger partial charge in [-0.05, 0) is 31.2 Å². The van der Waals surface area contributed by atoms with Crippen LogP contribution in [0.25, 0.3) is 6.08 Å². The van der Waals surface area contributed by atoms with Crippen molar-refractivity contribution in [2.24, 2.45) is 12.8 Å². The number of hydrogen-bond acceptors (Lipinski definition) is 3. The van der Waals surface area contributed by atoms with Gasteiger partial charge in [0.2, 0.25) is 0 Å². The molecule has 4 nitrogen and oxygen atoms in total. The van der Waals surface area contributed by atoms with Crippen LogP contribution in [0, 0.1) is 0 Å². The minimum absolute atomic E-state index is 0.0116. The Kier molecular flexibility index (Phi) is 2.99. The predicted molar refractivity (Wildman–Crippen MR) is 66.4 cm³/mol. The molecule has 0 saturated carbocycles. The maximum atomic E-state index is 11.8. The van der Waals surface area contributed by atoms with Crippen LogP contribution in [0.2, 0.25) is 0 Å². The van der Waals surface area contributed by atoms with E-state index < -0.39 is 0 Å². The molecule has 1 aliphatic rings. The highest BCUT2D eigenvalue weighted by Crippen LogP contribution is 2.19. The van der Waals surface area contributed by atoms with Gasteiger partial charge in [-0.15, -0.1) is 0 Å². The molecule has 0 unspecified atom stereocenters. The lowest BCUT2D eigenvalue weighted by molar-refractivity contribution is 0.839. The quantitative estimate of drug-likeness (QED) is 0.804. The summed E-state index contributed by atoms with van der Waals surface area (Å²) in [5.74, 6) is 0. The first-order valence-electron chi connectivity index (χ1n) is 5.56. The average Bonchev–Trinajstić information content (AvgIpc) is 2.78. The Morgan fingerprint density at radius 2 is 2.00 bits per heavy atom. The lowest BCUT2D eigenvalue weighted by Crippen LogP contribution is -2.24. The molecule has 1 saturated heterocycles. The molecule has 2 heterocycles.